The number of ketones is 3. The summed E-state index contributed by atoms with van der Waals surface area (Å²) in [5, 5.41) is 4.02. The molecule has 2 fully saturated rings. The molecule has 1 aliphatic heterocycles. The summed E-state index contributed by atoms with van der Waals surface area (Å²) in [6.07, 6.45) is 8.06. The molecule has 1 saturated heterocycles. The minimum Gasteiger partial charge on any atom is -0.362 e. The molecule has 0 bridgehead atoms. The monoisotopic (exact) mass is 608 g/mol. The Bertz CT molecular complexity index is 1650. The summed E-state index contributed by atoms with van der Waals surface area (Å²) in [6.45, 7) is 5.92. The van der Waals surface area contributed by atoms with E-state index in [1.807, 2.05) is 68.6 Å². The van der Waals surface area contributed by atoms with Crippen molar-refractivity contribution in [2.75, 3.05) is 6.61 Å². The van der Waals surface area contributed by atoms with Gasteiger partial charge in [0.2, 0.25) is 5.91 Å². The number of Topliss-reactive ketones (excluding diaryl/α,β-unsaturated/α-hetero) is 3. The molecule has 6 rings (SSSR count). The maximum atomic E-state index is 14.1. The number of allylic oxidation sites excluding steroid dienone is 2. The Labute approximate surface area is 265 Å². The highest BCUT2D eigenvalue weighted by molar-refractivity contribution is 6.06. The van der Waals surface area contributed by atoms with E-state index >= 15 is 0 Å². The highest BCUT2D eigenvalue weighted by atomic mass is 16.6. The van der Waals surface area contributed by atoms with E-state index in [4.69, 9.17) is 4.74 Å². The highest BCUT2D eigenvalue weighted by Crippen LogP contribution is 2.38. The summed E-state index contributed by atoms with van der Waals surface area (Å²) in [6, 6.07) is 15.1. The van der Waals surface area contributed by atoms with Crippen LogP contribution >= 0.6 is 0 Å². The third kappa shape index (κ3) is 6.74. The second-order valence-corrected chi connectivity index (χ2v) is 13.7. The fourth-order valence-corrected chi connectivity index (χ4v) is 7.41. The molecule has 45 heavy (non-hydrogen) atoms. The highest BCUT2D eigenvalue weighted by Gasteiger charge is 2.50. The Morgan fingerprint density at radius 2 is 1.73 bits per heavy atom. The molecule has 7 nitrogen and oxygen atoms in total. The second kappa shape index (κ2) is 12.9. The number of amides is 1. The first-order valence-electron chi connectivity index (χ1n) is 16.5. The molecular formula is C38H44N2O5. The predicted molar refractivity (Wildman–Crippen MR) is 175 cm³/mol. The van der Waals surface area contributed by atoms with Gasteiger partial charge in [0.25, 0.3) is 0 Å². The second-order valence-electron chi connectivity index (χ2n) is 13.7. The van der Waals surface area contributed by atoms with Crippen LogP contribution in [0, 0.1) is 17.8 Å². The van der Waals surface area contributed by atoms with Crippen LogP contribution in [0.4, 0.5) is 0 Å². The molecule has 0 spiro atoms. The van der Waals surface area contributed by atoms with Gasteiger partial charge in [-0.3, -0.25) is 19.2 Å². The van der Waals surface area contributed by atoms with Crippen molar-refractivity contribution in [1.82, 2.24) is 10.3 Å². The van der Waals surface area contributed by atoms with Crippen molar-refractivity contribution in [3.05, 3.63) is 77.0 Å². The van der Waals surface area contributed by atoms with E-state index in [2.05, 4.69) is 10.3 Å². The number of hydrogen-bond donors (Lipinski definition) is 2. The quantitative estimate of drug-likeness (QED) is 0.208. The molecule has 4 atom stereocenters. The first kappa shape index (κ1) is 31.2. The molecule has 1 amide bonds. The predicted octanol–water partition coefficient (Wildman–Crippen LogP) is 6.33. The number of aromatic nitrogens is 1. The molecule has 0 radical (unpaired) electrons. The number of carbonyl (C=O) groups is 4. The van der Waals surface area contributed by atoms with Gasteiger partial charge in [0.1, 0.15) is 5.60 Å². The number of ether oxygens (including phenoxy) is 1. The molecule has 1 saturated carbocycles. The van der Waals surface area contributed by atoms with Crippen molar-refractivity contribution >= 4 is 39.7 Å². The van der Waals surface area contributed by atoms with Crippen LogP contribution in [0.2, 0.25) is 0 Å². The molecular weight excluding hydrogens is 564 g/mol. The van der Waals surface area contributed by atoms with Crippen LogP contribution in [-0.2, 0) is 36.8 Å². The lowest BCUT2D eigenvalue weighted by Crippen LogP contribution is -2.46. The van der Waals surface area contributed by atoms with Gasteiger partial charge in [-0.2, -0.15) is 0 Å². The molecule has 3 aliphatic rings. The summed E-state index contributed by atoms with van der Waals surface area (Å²) in [5.41, 5.74) is 5.03. The van der Waals surface area contributed by atoms with Crippen LogP contribution in [0.1, 0.15) is 82.4 Å². The average molecular weight is 609 g/mol. The van der Waals surface area contributed by atoms with E-state index in [-0.39, 0.29) is 36.1 Å². The zero-order valence-electron chi connectivity index (χ0n) is 26.6. The van der Waals surface area contributed by atoms with Crippen LogP contribution in [0.25, 0.3) is 16.5 Å². The molecule has 1 aromatic heterocycles. The average Bonchev–Trinajstić information content (AvgIpc) is 3.35. The van der Waals surface area contributed by atoms with Gasteiger partial charge in [0, 0.05) is 60.2 Å². The van der Waals surface area contributed by atoms with Crippen LogP contribution in [0.15, 0.2) is 60.3 Å². The number of H-pyrrole nitrogens is 1. The van der Waals surface area contributed by atoms with Gasteiger partial charge in [-0.25, -0.2) is 0 Å². The Morgan fingerprint density at radius 3 is 2.47 bits per heavy atom. The van der Waals surface area contributed by atoms with Crippen molar-refractivity contribution in [2.24, 2.45) is 17.8 Å². The lowest BCUT2D eigenvalue weighted by atomic mass is 9.81. The lowest BCUT2D eigenvalue weighted by molar-refractivity contribution is -0.134. The van der Waals surface area contributed by atoms with Crippen LogP contribution in [-0.4, -0.2) is 46.5 Å². The van der Waals surface area contributed by atoms with Crippen molar-refractivity contribution in [3.63, 3.8) is 0 Å². The van der Waals surface area contributed by atoms with Crippen molar-refractivity contribution in [3.8, 4) is 0 Å². The maximum absolute atomic E-state index is 14.1. The summed E-state index contributed by atoms with van der Waals surface area (Å²) >= 11 is 0. The lowest BCUT2D eigenvalue weighted by Gasteiger charge is -2.25. The Balaban J connectivity index is 1.19. The van der Waals surface area contributed by atoms with Gasteiger partial charge in [-0.1, -0.05) is 75.1 Å². The summed E-state index contributed by atoms with van der Waals surface area (Å²) in [4.78, 5) is 57.9. The Kier molecular flexibility index (Phi) is 8.91. The third-order valence-electron chi connectivity index (χ3n) is 10.3. The van der Waals surface area contributed by atoms with E-state index in [9.17, 15) is 19.2 Å². The van der Waals surface area contributed by atoms with Crippen molar-refractivity contribution in [2.45, 2.75) is 90.2 Å². The Morgan fingerprint density at radius 1 is 1.02 bits per heavy atom. The van der Waals surface area contributed by atoms with Crippen molar-refractivity contribution < 1.29 is 23.9 Å². The minimum absolute atomic E-state index is 0.0000834. The fourth-order valence-electron chi connectivity index (χ4n) is 7.41. The van der Waals surface area contributed by atoms with Gasteiger partial charge in [0.05, 0.1) is 12.6 Å². The van der Waals surface area contributed by atoms with Gasteiger partial charge in [-0.15, -0.1) is 0 Å². The number of fused-ring (bicyclic) bond motifs is 2. The van der Waals surface area contributed by atoms with E-state index in [1.165, 1.54) is 0 Å². The third-order valence-corrected chi connectivity index (χ3v) is 10.3. The zero-order chi connectivity index (χ0) is 31.7. The van der Waals surface area contributed by atoms with Gasteiger partial charge < -0.3 is 15.0 Å². The number of nitrogens with one attached hydrogen (secondary N) is 2. The first-order valence-corrected chi connectivity index (χ1v) is 16.5. The molecule has 2 aromatic carbocycles. The van der Waals surface area contributed by atoms with Crippen LogP contribution < -0.4 is 5.32 Å². The van der Waals surface area contributed by atoms with E-state index in [0.29, 0.717) is 31.8 Å². The Hall–Kier alpha value is -3.84. The van der Waals surface area contributed by atoms with E-state index < -0.39 is 23.5 Å². The van der Waals surface area contributed by atoms with E-state index in [1.54, 1.807) is 6.92 Å². The summed E-state index contributed by atoms with van der Waals surface area (Å²) in [7, 11) is 0. The molecule has 4 unspecified atom stereocenters. The zero-order valence-corrected chi connectivity index (χ0v) is 26.6. The minimum atomic E-state index is -0.822. The first-order chi connectivity index (χ1) is 21.6. The van der Waals surface area contributed by atoms with Crippen LogP contribution in [0.5, 0.6) is 0 Å². The molecule has 236 valence electrons. The number of aromatic amines is 1. The SMILES string of the molecule is CC1=C(C(=O)CC(C)C(=O)NC(Cc2c[nH]c3ccccc23)C(=O)CC(CC2CCCC2)C(=O)C2(C)CO2)Cc2ccccc21. The fraction of sp³-hybridized carbons (Fsp3) is 0.474. The van der Waals surface area contributed by atoms with Crippen LogP contribution in [0.3, 0.4) is 0 Å². The molecule has 3 aromatic rings. The molecule has 2 aliphatic carbocycles. The number of hydrogen-bond acceptors (Lipinski definition) is 5. The normalized spacial score (nSPS) is 21.4. The van der Waals surface area contributed by atoms with E-state index in [0.717, 1.165) is 64.4 Å². The number of benzene rings is 2. The number of rotatable bonds is 14. The standard InChI is InChI=1S/C38H44N2O5/c1-23(16-34(41)31-18-26-12-6-7-13-29(26)24(31)2)37(44)40-33(19-28-21-39-32-15-9-8-14-30(28)32)35(42)20-27(17-25-10-4-5-11-25)36(43)38(3)22-45-38/h6-9,12-15,21,23,25,27,33,39H,4-5,10-11,16-20,22H2,1-3H3,(H,40,44). The molecule has 7 heteroatoms. The molecule has 2 heterocycles. The van der Waals surface area contributed by atoms with Gasteiger partial charge in [-0.05, 0) is 54.5 Å². The summed E-state index contributed by atoms with van der Waals surface area (Å²) < 4.78 is 5.51. The van der Waals surface area contributed by atoms with Gasteiger partial charge in [0.15, 0.2) is 17.3 Å². The van der Waals surface area contributed by atoms with Crippen molar-refractivity contribution in [1.29, 1.82) is 0 Å². The smallest absolute Gasteiger partial charge is 0.223 e. The largest absolute Gasteiger partial charge is 0.362 e. The maximum Gasteiger partial charge on any atom is 0.223 e. The number of para-hydroxylation sites is 1. The number of carbonyl (C=O) groups excluding carboxylic acids is 4. The topological polar surface area (TPSA) is 109 Å². The summed E-state index contributed by atoms with van der Waals surface area (Å²) in [5.74, 6) is -1.14. The number of epoxide rings is 1. The van der Waals surface area contributed by atoms with Gasteiger partial charge >= 0.3 is 0 Å². The molecule has 2 N–H and O–H groups in total.